The molecule has 0 saturated carbocycles. The molecule has 2 aliphatic rings. The minimum absolute atomic E-state index is 0.0589. The van der Waals surface area contributed by atoms with Gasteiger partial charge in [-0.1, -0.05) is 0 Å². The number of hydrogen-bond acceptors (Lipinski definition) is 6. The third-order valence-electron chi connectivity index (χ3n) is 2.59. The van der Waals surface area contributed by atoms with E-state index in [2.05, 4.69) is 0 Å². The van der Waals surface area contributed by atoms with E-state index in [4.69, 9.17) is 27.6 Å². The highest BCUT2D eigenvalue weighted by atomic mass is 31.1. The Morgan fingerprint density at radius 2 is 1.47 bits per heavy atom. The highest BCUT2D eigenvalue weighted by Crippen LogP contribution is 2.50. The van der Waals surface area contributed by atoms with Crippen LogP contribution in [0.3, 0.4) is 0 Å². The molecule has 1 unspecified atom stereocenters. The van der Waals surface area contributed by atoms with E-state index in [1.165, 1.54) is 14.2 Å². The van der Waals surface area contributed by atoms with Crippen LogP contribution in [0.15, 0.2) is 0 Å². The van der Waals surface area contributed by atoms with Crippen LogP contribution >= 0.6 is 18.1 Å². The first-order valence-electron chi connectivity index (χ1n) is 4.42. The zero-order valence-corrected chi connectivity index (χ0v) is 10.6. The van der Waals surface area contributed by atoms with E-state index in [9.17, 15) is 0 Å². The largest absolute Gasteiger partial charge is 0.335 e. The fraction of sp³-hybridized carbons (Fsp3) is 1.00. The molecule has 8 heteroatoms. The topological polar surface area (TPSA) is 55.4 Å². The van der Waals surface area contributed by atoms with E-state index in [1.54, 1.807) is 0 Å². The van der Waals surface area contributed by atoms with Crippen molar-refractivity contribution in [2.45, 2.75) is 5.97 Å². The Morgan fingerprint density at radius 3 is 2.00 bits per heavy atom. The second kappa shape index (κ2) is 4.86. The lowest BCUT2D eigenvalue weighted by Crippen LogP contribution is -2.61. The molecule has 0 N–H and O–H groups in total. The van der Waals surface area contributed by atoms with Crippen molar-refractivity contribution in [2.24, 2.45) is 5.41 Å². The molecule has 15 heavy (non-hydrogen) atoms. The SMILES string of the molecule is COC1(OC)OPOCC12COPOC2. The normalized spacial score (nSPS) is 38.8. The molecule has 2 fully saturated rings. The lowest BCUT2D eigenvalue weighted by molar-refractivity contribution is -0.402. The minimum Gasteiger partial charge on any atom is -0.335 e. The predicted octanol–water partition coefficient (Wildman–Crippen LogP) is 1.03. The number of hydrogen-bond donors (Lipinski definition) is 0. The van der Waals surface area contributed by atoms with Crippen molar-refractivity contribution in [3.63, 3.8) is 0 Å². The van der Waals surface area contributed by atoms with E-state index in [1.807, 2.05) is 0 Å². The van der Waals surface area contributed by atoms with Crippen LogP contribution in [-0.2, 0) is 27.6 Å². The quantitative estimate of drug-likeness (QED) is 0.543. The van der Waals surface area contributed by atoms with Crippen LogP contribution in [0.2, 0.25) is 0 Å². The molecule has 0 aliphatic carbocycles. The molecular formula is C7H14O6P2. The summed E-state index contributed by atoms with van der Waals surface area (Å²) in [5.41, 5.74) is -0.549. The van der Waals surface area contributed by atoms with Crippen LogP contribution in [0.1, 0.15) is 0 Å². The maximum atomic E-state index is 5.46. The summed E-state index contributed by atoms with van der Waals surface area (Å²) in [7, 11) is 3.04. The smallest absolute Gasteiger partial charge is 0.300 e. The van der Waals surface area contributed by atoms with Crippen LogP contribution in [0.5, 0.6) is 0 Å². The summed E-state index contributed by atoms with van der Waals surface area (Å²) >= 11 is 0. The Bertz CT molecular complexity index is 207. The minimum atomic E-state index is -1.13. The van der Waals surface area contributed by atoms with Gasteiger partial charge in [-0.2, -0.15) is 0 Å². The number of rotatable bonds is 2. The molecule has 2 rings (SSSR count). The highest BCUT2D eigenvalue weighted by molar-refractivity contribution is 7.26. The van der Waals surface area contributed by atoms with Gasteiger partial charge in [-0.15, -0.1) is 0 Å². The first-order valence-corrected chi connectivity index (χ1v) is 6.06. The third kappa shape index (κ3) is 1.94. The Labute approximate surface area is 91.8 Å². The van der Waals surface area contributed by atoms with Crippen molar-refractivity contribution in [1.82, 2.24) is 0 Å². The van der Waals surface area contributed by atoms with Crippen molar-refractivity contribution in [1.29, 1.82) is 0 Å². The van der Waals surface area contributed by atoms with Crippen LogP contribution in [0, 0.1) is 5.41 Å². The van der Waals surface area contributed by atoms with E-state index in [-0.39, 0.29) is 18.1 Å². The second-order valence-corrected chi connectivity index (χ2v) is 4.78. The highest BCUT2D eigenvalue weighted by Gasteiger charge is 2.59. The Hall–Kier alpha value is 0.620. The second-order valence-electron chi connectivity index (χ2n) is 3.38. The van der Waals surface area contributed by atoms with Gasteiger partial charge in [0.05, 0.1) is 19.8 Å². The summed E-state index contributed by atoms with van der Waals surface area (Å²) in [6.07, 6.45) is 0. The third-order valence-corrected chi connectivity index (χ3v) is 3.72. The molecular weight excluding hydrogens is 242 g/mol. The van der Waals surface area contributed by atoms with Gasteiger partial charge in [0.2, 0.25) is 0 Å². The lowest BCUT2D eigenvalue weighted by Gasteiger charge is -2.49. The lowest BCUT2D eigenvalue weighted by atomic mass is 9.87. The average Bonchev–Trinajstić information content (AvgIpc) is 2.31. The van der Waals surface area contributed by atoms with E-state index >= 15 is 0 Å². The van der Waals surface area contributed by atoms with Crippen LogP contribution in [0.25, 0.3) is 0 Å². The molecule has 1 spiro atoms. The zero-order valence-electron chi connectivity index (χ0n) is 8.57. The fourth-order valence-electron chi connectivity index (χ4n) is 1.73. The maximum Gasteiger partial charge on any atom is 0.300 e. The summed E-state index contributed by atoms with van der Waals surface area (Å²) in [5, 5.41) is 0. The summed E-state index contributed by atoms with van der Waals surface area (Å²) in [6.45, 7) is 1.33. The van der Waals surface area contributed by atoms with Gasteiger partial charge in [0, 0.05) is 14.2 Å². The van der Waals surface area contributed by atoms with Gasteiger partial charge in [-0.25, -0.2) is 0 Å². The van der Waals surface area contributed by atoms with Gasteiger partial charge < -0.3 is 23.0 Å². The molecule has 2 aliphatic heterocycles. The summed E-state index contributed by atoms with van der Waals surface area (Å²) in [5.74, 6) is -1.13. The molecule has 88 valence electrons. The maximum absolute atomic E-state index is 5.46. The Balaban J connectivity index is 2.23. The molecule has 0 radical (unpaired) electrons. The van der Waals surface area contributed by atoms with Crippen molar-refractivity contribution in [3.05, 3.63) is 0 Å². The molecule has 2 heterocycles. The van der Waals surface area contributed by atoms with Gasteiger partial charge in [0.25, 0.3) is 5.97 Å². The van der Waals surface area contributed by atoms with Gasteiger partial charge in [0.15, 0.2) is 18.1 Å². The van der Waals surface area contributed by atoms with Crippen molar-refractivity contribution >= 4 is 18.1 Å². The van der Waals surface area contributed by atoms with Crippen LogP contribution < -0.4 is 0 Å². The van der Waals surface area contributed by atoms with Crippen LogP contribution in [0.4, 0.5) is 0 Å². The monoisotopic (exact) mass is 256 g/mol. The van der Waals surface area contributed by atoms with Gasteiger partial charge >= 0.3 is 0 Å². The summed E-state index contributed by atoms with van der Waals surface area (Å²) < 4.78 is 32.1. The molecule has 2 saturated heterocycles. The molecule has 1 atom stereocenters. The number of ether oxygens (including phenoxy) is 2. The fourth-order valence-corrected chi connectivity index (χ4v) is 3.37. The first kappa shape index (κ1) is 12.1. The van der Waals surface area contributed by atoms with Gasteiger partial charge in [-0.3, -0.25) is 4.52 Å². The van der Waals surface area contributed by atoms with E-state index in [0.29, 0.717) is 19.8 Å². The summed E-state index contributed by atoms with van der Waals surface area (Å²) in [6, 6.07) is 0. The van der Waals surface area contributed by atoms with Crippen molar-refractivity contribution in [2.75, 3.05) is 34.0 Å². The van der Waals surface area contributed by atoms with Gasteiger partial charge in [-0.05, 0) is 0 Å². The molecule has 6 nitrogen and oxygen atoms in total. The Kier molecular flexibility index (Phi) is 3.92. The molecule has 0 bridgehead atoms. The molecule has 0 aromatic heterocycles. The first-order chi connectivity index (χ1) is 7.29. The van der Waals surface area contributed by atoms with E-state index in [0.717, 1.165) is 0 Å². The van der Waals surface area contributed by atoms with Gasteiger partial charge in [0.1, 0.15) is 5.41 Å². The molecule has 0 amide bonds. The molecule has 0 aromatic rings. The van der Waals surface area contributed by atoms with E-state index < -0.39 is 11.4 Å². The van der Waals surface area contributed by atoms with Crippen LogP contribution in [-0.4, -0.2) is 40.0 Å². The zero-order chi connectivity index (χ0) is 10.8. The Morgan fingerprint density at radius 1 is 0.933 bits per heavy atom. The number of methoxy groups -OCH3 is 2. The molecule has 0 aromatic carbocycles. The summed E-state index contributed by atoms with van der Waals surface area (Å²) in [4.78, 5) is 0. The van der Waals surface area contributed by atoms with Crippen molar-refractivity contribution < 1.29 is 27.6 Å². The average molecular weight is 256 g/mol. The van der Waals surface area contributed by atoms with Crippen molar-refractivity contribution in [3.8, 4) is 0 Å². The standard InChI is InChI=1S/C7H14O6P2/c1-8-7(9-2)6(5-12-15-13-7)3-10-14-11-4-6/h14-15H,3-5H2,1-2H3. The predicted molar refractivity (Wildman–Crippen MR) is 54.8 cm³/mol.